The number of thiazole rings is 1. The minimum Gasteiger partial charge on any atom is -0.381 e. The van der Waals surface area contributed by atoms with Crippen LogP contribution in [-0.2, 0) is 11.2 Å². The third kappa shape index (κ3) is 3.75. The van der Waals surface area contributed by atoms with E-state index < -0.39 is 0 Å². The van der Waals surface area contributed by atoms with Gasteiger partial charge in [-0.05, 0) is 45.2 Å². The van der Waals surface area contributed by atoms with Crippen LogP contribution < -0.4 is 5.32 Å². The molecule has 0 unspecified atom stereocenters. The fourth-order valence-corrected chi connectivity index (χ4v) is 4.55. The van der Waals surface area contributed by atoms with E-state index in [9.17, 15) is 4.79 Å². The molecule has 0 atom stereocenters. The van der Waals surface area contributed by atoms with Gasteiger partial charge in [0.15, 0.2) is 0 Å². The Kier molecular flexibility index (Phi) is 5.67. The molecule has 1 amide bonds. The van der Waals surface area contributed by atoms with Crippen molar-refractivity contribution in [1.29, 1.82) is 0 Å². The number of hydrogen-bond donors (Lipinski definition) is 1. The molecule has 0 bridgehead atoms. The lowest BCUT2D eigenvalue weighted by Crippen LogP contribution is -2.59. The number of carbonyl (C=O) groups is 1. The van der Waals surface area contributed by atoms with Gasteiger partial charge in [0, 0.05) is 25.3 Å². The van der Waals surface area contributed by atoms with Crippen LogP contribution in [0, 0.1) is 0 Å². The van der Waals surface area contributed by atoms with Crippen molar-refractivity contribution < 1.29 is 9.53 Å². The predicted octanol–water partition coefficient (Wildman–Crippen LogP) is 2.47. The summed E-state index contributed by atoms with van der Waals surface area (Å²) in [6, 6.07) is 0. The molecule has 2 fully saturated rings. The highest BCUT2D eigenvalue weighted by Crippen LogP contribution is 2.30. The van der Waals surface area contributed by atoms with Gasteiger partial charge in [-0.1, -0.05) is 13.3 Å². The zero-order valence-corrected chi connectivity index (χ0v) is 14.8. The van der Waals surface area contributed by atoms with Crippen molar-refractivity contribution in [2.45, 2.75) is 51.0 Å². The molecule has 23 heavy (non-hydrogen) atoms. The van der Waals surface area contributed by atoms with Crippen LogP contribution in [0.5, 0.6) is 0 Å². The SMILES string of the molecule is CCc1ncsc1C(=O)NCC1(N2CCCCC2)CCOCC1. The summed E-state index contributed by atoms with van der Waals surface area (Å²) < 4.78 is 5.58. The van der Waals surface area contributed by atoms with Crippen molar-refractivity contribution in [3.63, 3.8) is 0 Å². The maximum absolute atomic E-state index is 12.6. The van der Waals surface area contributed by atoms with Gasteiger partial charge in [0.2, 0.25) is 0 Å². The molecule has 2 saturated heterocycles. The quantitative estimate of drug-likeness (QED) is 0.897. The topological polar surface area (TPSA) is 54.5 Å². The van der Waals surface area contributed by atoms with Crippen LogP contribution in [0.25, 0.3) is 0 Å². The van der Waals surface area contributed by atoms with Crippen molar-refractivity contribution in [1.82, 2.24) is 15.2 Å². The second kappa shape index (κ2) is 7.73. The number of likely N-dealkylation sites (tertiary alicyclic amines) is 1. The first kappa shape index (κ1) is 16.9. The van der Waals surface area contributed by atoms with Gasteiger partial charge in [0.25, 0.3) is 5.91 Å². The number of aromatic nitrogens is 1. The first-order valence-electron chi connectivity index (χ1n) is 8.78. The molecule has 0 aromatic carbocycles. The zero-order chi connectivity index (χ0) is 16.1. The number of carbonyl (C=O) groups excluding carboxylic acids is 1. The Morgan fingerprint density at radius 3 is 2.78 bits per heavy atom. The highest BCUT2D eigenvalue weighted by atomic mass is 32.1. The lowest BCUT2D eigenvalue weighted by molar-refractivity contribution is -0.0349. The van der Waals surface area contributed by atoms with Gasteiger partial charge in [0.05, 0.1) is 11.2 Å². The summed E-state index contributed by atoms with van der Waals surface area (Å²) >= 11 is 1.44. The first-order chi connectivity index (χ1) is 11.2. The molecule has 0 aliphatic carbocycles. The largest absolute Gasteiger partial charge is 0.381 e. The van der Waals surface area contributed by atoms with Gasteiger partial charge >= 0.3 is 0 Å². The Morgan fingerprint density at radius 1 is 1.35 bits per heavy atom. The Hall–Kier alpha value is -0.980. The summed E-state index contributed by atoms with van der Waals surface area (Å²) in [6.07, 6.45) is 6.69. The lowest BCUT2D eigenvalue weighted by Gasteiger charge is -2.48. The maximum Gasteiger partial charge on any atom is 0.263 e. The van der Waals surface area contributed by atoms with E-state index in [2.05, 4.69) is 15.2 Å². The summed E-state index contributed by atoms with van der Waals surface area (Å²) in [4.78, 5) is 20.2. The van der Waals surface area contributed by atoms with Crippen LogP contribution >= 0.6 is 11.3 Å². The van der Waals surface area contributed by atoms with Crippen LogP contribution in [0.2, 0.25) is 0 Å². The molecule has 6 heteroatoms. The standard InChI is InChI=1S/C17H27N3O2S/c1-2-14-15(23-13-19-14)16(21)18-12-17(6-10-22-11-7-17)20-8-4-3-5-9-20/h13H,2-12H2,1H3,(H,18,21). The number of aryl methyl sites for hydroxylation is 1. The first-order valence-corrected chi connectivity index (χ1v) is 9.66. The highest BCUT2D eigenvalue weighted by molar-refractivity contribution is 7.11. The molecular formula is C17H27N3O2S. The van der Waals surface area contributed by atoms with Gasteiger partial charge in [-0.2, -0.15) is 0 Å². The molecule has 2 aliphatic heterocycles. The van der Waals surface area contributed by atoms with E-state index in [1.54, 1.807) is 5.51 Å². The van der Waals surface area contributed by atoms with Crippen molar-refractivity contribution in [2.24, 2.45) is 0 Å². The molecule has 1 N–H and O–H groups in total. The number of rotatable bonds is 5. The predicted molar refractivity (Wildman–Crippen MR) is 92.0 cm³/mol. The number of piperidine rings is 1. The number of nitrogens with zero attached hydrogens (tertiary/aromatic N) is 2. The third-order valence-electron chi connectivity index (χ3n) is 5.21. The molecule has 3 heterocycles. The summed E-state index contributed by atoms with van der Waals surface area (Å²) in [6.45, 7) is 6.66. The van der Waals surface area contributed by atoms with E-state index in [1.807, 2.05) is 6.92 Å². The molecule has 1 aromatic rings. The molecule has 0 spiro atoms. The van der Waals surface area contributed by atoms with E-state index in [0.29, 0.717) is 0 Å². The summed E-state index contributed by atoms with van der Waals surface area (Å²) in [5.74, 6) is 0.0345. The van der Waals surface area contributed by atoms with Crippen molar-refractivity contribution in [3.8, 4) is 0 Å². The number of ether oxygens (including phenoxy) is 1. The van der Waals surface area contributed by atoms with Crippen LogP contribution in [0.3, 0.4) is 0 Å². The summed E-state index contributed by atoms with van der Waals surface area (Å²) in [5.41, 5.74) is 2.75. The van der Waals surface area contributed by atoms with Crippen LogP contribution in [0.1, 0.15) is 54.4 Å². The Morgan fingerprint density at radius 2 is 2.09 bits per heavy atom. The fraction of sp³-hybridized carbons (Fsp3) is 0.765. The average Bonchev–Trinajstić information content (AvgIpc) is 3.10. The number of hydrogen-bond acceptors (Lipinski definition) is 5. The Balaban J connectivity index is 1.67. The van der Waals surface area contributed by atoms with Crippen LogP contribution in [0.4, 0.5) is 0 Å². The minimum absolute atomic E-state index is 0.0345. The molecule has 3 rings (SSSR count). The summed E-state index contributed by atoms with van der Waals surface area (Å²) in [5, 5.41) is 3.20. The number of nitrogens with one attached hydrogen (secondary N) is 1. The van der Waals surface area contributed by atoms with Crippen molar-refractivity contribution in [2.75, 3.05) is 32.8 Å². The van der Waals surface area contributed by atoms with Crippen LogP contribution in [0.15, 0.2) is 5.51 Å². The van der Waals surface area contributed by atoms with Crippen LogP contribution in [-0.4, -0.2) is 54.2 Å². The Bertz CT molecular complexity index is 520. The molecule has 0 saturated carbocycles. The molecule has 0 radical (unpaired) electrons. The Labute approximate surface area is 142 Å². The normalized spacial score (nSPS) is 22.0. The minimum atomic E-state index is 0.0345. The molecule has 1 aromatic heterocycles. The van der Waals surface area contributed by atoms with E-state index in [1.165, 1.54) is 30.6 Å². The zero-order valence-electron chi connectivity index (χ0n) is 14.0. The second-order valence-electron chi connectivity index (χ2n) is 6.55. The smallest absolute Gasteiger partial charge is 0.263 e. The fourth-order valence-electron chi connectivity index (χ4n) is 3.76. The van der Waals surface area contributed by atoms with Crippen molar-refractivity contribution >= 4 is 17.2 Å². The van der Waals surface area contributed by atoms with E-state index in [-0.39, 0.29) is 11.4 Å². The van der Waals surface area contributed by atoms with Gasteiger partial charge < -0.3 is 10.1 Å². The number of amides is 1. The molecule has 128 valence electrons. The molecule has 2 aliphatic rings. The van der Waals surface area contributed by atoms with Gasteiger partial charge in [-0.15, -0.1) is 11.3 Å². The molecular weight excluding hydrogens is 310 g/mol. The monoisotopic (exact) mass is 337 g/mol. The average molecular weight is 337 g/mol. The summed E-state index contributed by atoms with van der Waals surface area (Å²) in [7, 11) is 0. The van der Waals surface area contributed by atoms with E-state index >= 15 is 0 Å². The third-order valence-corrected chi connectivity index (χ3v) is 6.08. The second-order valence-corrected chi connectivity index (χ2v) is 7.40. The van der Waals surface area contributed by atoms with E-state index in [0.717, 1.165) is 62.7 Å². The van der Waals surface area contributed by atoms with Gasteiger partial charge in [0.1, 0.15) is 4.88 Å². The van der Waals surface area contributed by atoms with E-state index in [4.69, 9.17) is 4.74 Å². The molecule has 5 nitrogen and oxygen atoms in total. The van der Waals surface area contributed by atoms with Gasteiger partial charge in [-0.3, -0.25) is 9.69 Å². The van der Waals surface area contributed by atoms with Gasteiger partial charge in [-0.25, -0.2) is 4.98 Å². The highest BCUT2D eigenvalue weighted by Gasteiger charge is 2.39. The lowest BCUT2D eigenvalue weighted by atomic mass is 9.86. The van der Waals surface area contributed by atoms with Crippen molar-refractivity contribution in [3.05, 3.63) is 16.1 Å². The maximum atomic E-state index is 12.6.